The molecular weight excluding hydrogens is 494 g/mol. The van der Waals surface area contributed by atoms with Gasteiger partial charge in [0.2, 0.25) is 0 Å². The first-order valence-corrected chi connectivity index (χ1v) is 14.2. The molecule has 5 fully saturated rings. The Morgan fingerprint density at radius 3 is 2.38 bits per heavy atom. The average molecular weight is 524 g/mol. The molecule has 0 spiro atoms. The van der Waals surface area contributed by atoms with Gasteiger partial charge in [-0.3, -0.25) is 9.59 Å². The summed E-state index contributed by atoms with van der Waals surface area (Å²) in [5.74, 6) is 0.605. The fourth-order valence-corrected chi connectivity index (χ4v) is 10.2. The molecule has 1 aromatic rings. The number of halogens is 1. The number of rotatable bonds is 6. The highest BCUT2D eigenvalue weighted by Crippen LogP contribution is 2.64. The zero-order chi connectivity index (χ0) is 22.6. The van der Waals surface area contributed by atoms with Gasteiger partial charge in [0.25, 0.3) is 5.91 Å². The Hall–Kier alpha value is -1.41. The highest BCUT2D eigenvalue weighted by Gasteiger charge is 2.60. The van der Waals surface area contributed by atoms with Gasteiger partial charge >= 0.3 is 5.97 Å². The molecule has 5 aliphatic rings. The lowest BCUT2D eigenvalue weighted by Gasteiger charge is -2.58. The predicted molar refractivity (Wildman–Crippen MR) is 124 cm³/mol. The minimum absolute atomic E-state index is 0.0288. The van der Waals surface area contributed by atoms with Crippen LogP contribution >= 0.6 is 15.9 Å². The maximum absolute atomic E-state index is 13.2. The Morgan fingerprint density at radius 1 is 1.09 bits per heavy atom. The summed E-state index contributed by atoms with van der Waals surface area (Å²) in [5, 5.41) is 0. The van der Waals surface area contributed by atoms with Crippen LogP contribution in [0.15, 0.2) is 30.3 Å². The number of carbonyl (C=O) groups excluding carboxylic acids is 2. The van der Waals surface area contributed by atoms with E-state index in [1.54, 1.807) is 4.90 Å². The molecule has 4 saturated carbocycles. The van der Waals surface area contributed by atoms with Crippen molar-refractivity contribution in [3.63, 3.8) is 0 Å². The number of hydrogen-bond acceptors (Lipinski definition) is 5. The van der Waals surface area contributed by atoms with E-state index in [4.69, 9.17) is 4.74 Å². The molecule has 174 valence electrons. The fourth-order valence-electron chi connectivity index (χ4n) is 6.98. The van der Waals surface area contributed by atoms with E-state index in [1.165, 1.54) is 6.42 Å². The van der Waals surface area contributed by atoms with Gasteiger partial charge < -0.3 is 9.64 Å². The Labute approximate surface area is 198 Å². The van der Waals surface area contributed by atoms with Crippen molar-refractivity contribution in [2.45, 2.75) is 61.9 Å². The third-order valence-corrected chi connectivity index (χ3v) is 10.6. The number of hydrogen-bond donors (Lipinski definition) is 0. The van der Waals surface area contributed by atoms with E-state index in [1.807, 2.05) is 30.3 Å². The molecule has 32 heavy (non-hydrogen) atoms. The summed E-state index contributed by atoms with van der Waals surface area (Å²) in [6.45, 7) is -0.00814. The standard InChI is InChI=1S/C24H30BrNO5S/c25-24-11-18-8-19(12-24)10-23(9-18,16-24)22(28)31-14-21(27)26(13-17-4-2-1-3-5-17)20-6-7-32(29,30)15-20/h1-5,18-20H,6-16H2/t18-,19-,20+,23?,24?/m1/s1. The van der Waals surface area contributed by atoms with Crippen LogP contribution in [-0.2, 0) is 30.7 Å². The lowest BCUT2D eigenvalue weighted by molar-refractivity contribution is -0.173. The highest BCUT2D eigenvalue weighted by atomic mass is 79.9. The van der Waals surface area contributed by atoms with Gasteiger partial charge in [-0.1, -0.05) is 46.3 Å². The first-order chi connectivity index (χ1) is 15.2. The zero-order valence-electron chi connectivity index (χ0n) is 18.2. The topological polar surface area (TPSA) is 80.8 Å². The van der Waals surface area contributed by atoms with Crippen LogP contribution in [0.25, 0.3) is 0 Å². The number of carbonyl (C=O) groups is 2. The van der Waals surface area contributed by atoms with E-state index >= 15 is 0 Å². The Kier molecular flexibility index (Phi) is 5.68. The third-order valence-electron chi connectivity index (χ3n) is 7.91. The smallest absolute Gasteiger partial charge is 0.312 e. The molecule has 1 aliphatic heterocycles. The van der Waals surface area contributed by atoms with Gasteiger partial charge in [0.15, 0.2) is 16.4 Å². The second-order valence-corrected chi connectivity index (χ2v) is 14.4. The summed E-state index contributed by atoms with van der Waals surface area (Å²) >= 11 is 3.92. The molecule has 0 unspecified atom stereocenters. The van der Waals surface area contributed by atoms with E-state index < -0.39 is 15.3 Å². The SMILES string of the molecule is O=C(COC(=O)C12C[C@H]3C[C@@H](CC(Br)(C3)C1)C2)N(Cc1ccccc1)[C@H]1CCS(=O)(=O)C1. The minimum atomic E-state index is -3.14. The molecule has 3 atom stereocenters. The maximum atomic E-state index is 13.2. The predicted octanol–water partition coefficient (Wildman–Crippen LogP) is 3.48. The second kappa shape index (κ2) is 8.12. The summed E-state index contributed by atoms with van der Waals surface area (Å²) in [4.78, 5) is 28.0. The molecule has 1 aromatic carbocycles. The van der Waals surface area contributed by atoms with Gasteiger partial charge in [0.1, 0.15) is 0 Å². The summed E-state index contributed by atoms with van der Waals surface area (Å²) in [6.07, 6.45) is 6.37. The van der Waals surface area contributed by atoms with Crippen molar-refractivity contribution in [2.24, 2.45) is 17.3 Å². The van der Waals surface area contributed by atoms with Crippen LogP contribution in [0.4, 0.5) is 0 Å². The number of alkyl halides is 1. The van der Waals surface area contributed by atoms with Crippen LogP contribution in [-0.4, -0.2) is 53.7 Å². The van der Waals surface area contributed by atoms with Crippen LogP contribution in [0.3, 0.4) is 0 Å². The highest BCUT2D eigenvalue weighted by molar-refractivity contribution is 9.10. The van der Waals surface area contributed by atoms with Gasteiger partial charge in [-0.15, -0.1) is 0 Å². The molecule has 1 amide bonds. The third kappa shape index (κ3) is 4.37. The van der Waals surface area contributed by atoms with Gasteiger partial charge in [0, 0.05) is 16.9 Å². The molecule has 8 heteroatoms. The lowest BCUT2D eigenvalue weighted by atomic mass is 9.49. The first kappa shape index (κ1) is 22.4. The normalized spacial score (nSPS) is 36.7. The molecule has 1 saturated heterocycles. The number of benzene rings is 1. The van der Waals surface area contributed by atoms with E-state index in [9.17, 15) is 18.0 Å². The van der Waals surface area contributed by atoms with Crippen molar-refractivity contribution in [3.8, 4) is 0 Å². The van der Waals surface area contributed by atoms with E-state index in [0.717, 1.165) is 37.7 Å². The molecule has 4 aliphatic carbocycles. The molecule has 6 nitrogen and oxygen atoms in total. The number of sulfone groups is 1. The number of amides is 1. The molecular formula is C24H30BrNO5S. The quantitative estimate of drug-likeness (QED) is 0.421. The summed E-state index contributed by atoms with van der Waals surface area (Å²) in [6, 6.07) is 9.15. The second-order valence-electron chi connectivity index (χ2n) is 10.5. The zero-order valence-corrected chi connectivity index (χ0v) is 20.6. The average Bonchev–Trinajstić information content (AvgIpc) is 3.08. The summed E-state index contributed by atoms with van der Waals surface area (Å²) in [5.41, 5.74) is 0.452. The molecule has 6 rings (SSSR count). The molecule has 0 radical (unpaired) electrons. The van der Waals surface area contributed by atoms with Crippen LogP contribution in [0.5, 0.6) is 0 Å². The molecule has 1 heterocycles. The molecule has 0 aromatic heterocycles. The van der Waals surface area contributed by atoms with Crippen molar-refractivity contribution >= 4 is 37.6 Å². The monoisotopic (exact) mass is 523 g/mol. The first-order valence-electron chi connectivity index (χ1n) is 11.6. The summed E-state index contributed by atoms with van der Waals surface area (Å²) in [7, 11) is -3.14. The Bertz CT molecular complexity index is 996. The van der Waals surface area contributed by atoms with Crippen molar-refractivity contribution in [1.82, 2.24) is 4.90 Å². The fraction of sp³-hybridized carbons (Fsp3) is 0.667. The van der Waals surface area contributed by atoms with Crippen molar-refractivity contribution in [1.29, 1.82) is 0 Å². The van der Waals surface area contributed by atoms with Gasteiger partial charge in [-0.05, 0) is 62.3 Å². The molecule has 4 bridgehead atoms. The number of nitrogens with zero attached hydrogens (tertiary/aromatic N) is 1. The van der Waals surface area contributed by atoms with Crippen molar-refractivity contribution in [2.75, 3.05) is 18.1 Å². The molecule has 0 N–H and O–H groups in total. The van der Waals surface area contributed by atoms with E-state index in [2.05, 4.69) is 15.9 Å². The van der Waals surface area contributed by atoms with E-state index in [0.29, 0.717) is 24.8 Å². The van der Waals surface area contributed by atoms with E-state index in [-0.39, 0.29) is 40.4 Å². The van der Waals surface area contributed by atoms with Gasteiger partial charge in [0.05, 0.1) is 16.9 Å². The number of esters is 1. The van der Waals surface area contributed by atoms with Gasteiger partial charge in [-0.2, -0.15) is 0 Å². The minimum Gasteiger partial charge on any atom is -0.455 e. The van der Waals surface area contributed by atoms with Crippen LogP contribution in [0.2, 0.25) is 0 Å². The number of ether oxygens (including phenoxy) is 1. The van der Waals surface area contributed by atoms with Crippen molar-refractivity contribution < 1.29 is 22.7 Å². The maximum Gasteiger partial charge on any atom is 0.312 e. The van der Waals surface area contributed by atoms with Crippen LogP contribution < -0.4 is 0 Å². The van der Waals surface area contributed by atoms with Crippen LogP contribution in [0, 0.1) is 17.3 Å². The summed E-state index contributed by atoms with van der Waals surface area (Å²) < 4.78 is 29.8. The Morgan fingerprint density at radius 2 is 1.78 bits per heavy atom. The van der Waals surface area contributed by atoms with Crippen LogP contribution in [0.1, 0.15) is 50.5 Å². The lowest BCUT2D eigenvalue weighted by Crippen LogP contribution is -2.56. The van der Waals surface area contributed by atoms with Crippen molar-refractivity contribution in [3.05, 3.63) is 35.9 Å². The Balaban J connectivity index is 1.28. The van der Waals surface area contributed by atoms with Gasteiger partial charge in [-0.25, -0.2) is 8.42 Å². The largest absolute Gasteiger partial charge is 0.455 e.